The largest absolute Gasteiger partial charge is 0.360 e. The molecule has 0 atom stereocenters. The lowest BCUT2D eigenvalue weighted by Crippen LogP contribution is -3.14. The summed E-state index contributed by atoms with van der Waals surface area (Å²) in [5.74, 6) is 1.09. The standard InChI is InChI=1S/C27H30N4/c1-3-11-23(12-4-1)27-28-25-15-7-8-16-26(25)31(27)18-10-9-17-29-19-21-30(22-20-29)24-13-5-2-6-14-24/h1-8,11-16H,9-10,17-22H2/p+1. The summed E-state index contributed by atoms with van der Waals surface area (Å²) in [7, 11) is 0. The molecule has 3 aromatic carbocycles. The number of aryl methyl sites for hydroxylation is 1. The zero-order chi connectivity index (χ0) is 20.9. The van der Waals surface area contributed by atoms with E-state index in [1.165, 1.54) is 49.2 Å². The maximum absolute atomic E-state index is 4.94. The average Bonchev–Trinajstić information content (AvgIpc) is 3.22. The number of anilines is 1. The molecular formula is C27H31N4+. The van der Waals surface area contributed by atoms with E-state index in [4.69, 9.17) is 4.98 Å². The minimum atomic E-state index is 1.02. The van der Waals surface area contributed by atoms with Crippen molar-refractivity contribution in [3.05, 3.63) is 84.9 Å². The van der Waals surface area contributed by atoms with Crippen molar-refractivity contribution in [3.8, 4) is 11.4 Å². The molecule has 0 spiro atoms. The molecule has 0 bridgehead atoms. The number of fused-ring (bicyclic) bond motifs is 1. The molecule has 0 amide bonds. The van der Waals surface area contributed by atoms with Gasteiger partial charge in [-0.05, 0) is 37.1 Å². The number of nitrogens with one attached hydrogen (secondary N) is 1. The van der Waals surface area contributed by atoms with Crippen LogP contribution in [0.2, 0.25) is 0 Å². The number of quaternary nitrogens is 1. The fourth-order valence-electron chi connectivity index (χ4n) is 4.72. The molecule has 4 nitrogen and oxygen atoms in total. The predicted octanol–water partition coefficient (Wildman–Crippen LogP) is 3.89. The first-order valence-electron chi connectivity index (χ1n) is 11.5. The summed E-state index contributed by atoms with van der Waals surface area (Å²) in [6.45, 7) is 7.06. The van der Waals surface area contributed by atoms with Crippen LogP contribution in [0.3, 0.4) is 0 Å². The van der Waals surface area contributed by atoms with Crippen molar-refractivity contribution in [1.29, 1.82) is 0 Å². The van der Waals surface area contributed by atoms with E-state index in [-0.39, 0.29) is 0 Å². The Bertz CT molecular complexity index is 1100. The van der Waals surface area contributed by atoms with Crippen LogP contribution in [-0.2, 0) is 6.54 Å². The number of hydrogen-bond acceptors (Lipinski definition) is 2. The summed E-state index contributed by atoms with van der Waals surface area (Å²) in [6, 6.07) is 29.9. The third kappa shape index (κ3) is 4.49. The third-order valence-corrected chi connectivity index (χ3v) is 6.44. The first-order chi connectivity index (χ1) is 15.4. The van der Waals surface area contributed by atoms with Gasteiger partial charge in [0.2, 0.25) is 0 Å². The van der Waals surface area contributed by atoms with Crippen molar-refractivity contribution in [2.24, 2.45) is 0 Å². The van der Waals surface area contributed by atoms with E-state index in [2.05, 4.69) is 94.4 Å². The SMILES string of the molecule is c1ccc(-c2nc3ccccc3n2CCCC[NH+]2CCN(c3ccccc3)CC2)cc1. The van der Waals surface area contributed by atoms with Gasteiger partial charge in [0.1, 0.15) is 5.82 Å². The predicted molar refractivity (Wildman–Crippen MR) is 129 cm³/mol. The second-order valence-electron chi connectivity index (χ2n) is 8.47. The second kappa shape index (κ2) is 9.36. The number of piperazine rings is 1. The van der Waals surface area contributed by atoms with Crippen molar-refractivity contribution < 1.29 is 4.90 Å². The van der Waals surface area contributed by atoms with Gasteiger partial charge in [-0.3, -0.25) is 0 Å². The van der Waals surface area contributed by atoms with Gasteiger partial charge in [0.15, 0.2) is 0 Å². The fourth-order valence-corrected chi connectivity index (χ4v) is 4.72. The molecule has 1 aliphatic heterocycles. The van der Waals surface area contributed by atoms with Gasteiger partial charge in [-0.25, -0.2) is 4.98 Å². The van der Waals surface area contributed by atoms with E-state index in [1.54, 1.807) is 4.90 Å². The summed E-state index contributed by atoms with van der Waals surface area (Å²) in [5, 5.41) is 0. The molecule has 1 aromatic heterocycles. The molecule has 1 fully saturated rings. The van der Waals surface area contributed by atoms with E-state index >= 15 is 0 Å². The Kier molecular flexibility index (Phi) is 5.99. The van der Waals surface area contributed by atoms with Gasteiger partial charge < -0.3 is 14.4 Å². The topological polar surface area (TPSA) is 25.5 Å². The molecular weight excluding hydrogens is 380 g/mol. The number of hydrogen-bond donors (Lipinski definition) is 1. The van der Waals surface area contributed by atoms with Crippen LogP contribution in [-0.4, -0.2) is 42.3 Å². The molecule has 158 valence electrons. The summed E-state index contributed by atoms with van der Waals surface area (Å²) < 4.78 is 2.41. The minimum Gasteiger partial charge on any atom is -0.360 e. The number of rotatable bonds is 7. The smallest absolute Gasteiger partial charge is 0.141 e. The average molecular weight is 412 g/mol. The summed E-state index contributed by atoms with van der Waals surface area (Å²) in [5.41, 5.74) is 4.89. The van der Waals surface area contributed by atoms with Gasteiger partial charge in [0.05, 0.1) is 43.8 Å². The Labute approximate surface area is 184 Å². The number of benzene rings is 3. The van der Waals surface area contributed by atoms with Crippen LogP contribution in [0.15, 0.2) is 84.9 Å². The van der Waals surface area contributed by atoms with Crippen LogP contribution in [0.1, 0.15) is 12.8 Å². The van der Waals surface area contributed by atoms with Gasteiger partial charge >= 0.3 is 0 Å². The van der Waals surface area contributed by atoms with Crippen LogP contribution in [0.5, 0.6) is 0 Å². The quantitative estimate of drug-likeness (QED) is 0.467. The maximum Gasteiger partial charge on any atom is 0.141 e. The van der Waals surface area contributed by atoms with Crippen LogP contribution < -0.4 is 9.80 Å². The van der Waals surface area contributed by atoms with E-state index in [9.17, 15) is 0 Å². The Morgan fingerprint density at radius 2 is 1.42 bits per heavy atom. The Morgan fingerprint density at radius 3 is 2.19 bits per heavy atom. The van der Waals surface area contributed by atoms with Gasteiger partial charge in [0.25, 0.3) is 0 Å². The maximum atomic E-state index is 4.94. The summed E-state index contributed by atoms with van der Waals surface area (Å²) >= 11 is 0. The number of aromatic nitrogens is 2. The highest BCUT2D eigenvalue weighted by Crippen LogP contribution is 2.25. The zero-order valence-corrected chi connectivity index (χ0v) is 18.1. The van der Waals surface area contributed by atoms with Crippen LogP contribution in [0, 0.1) is 0 Å². The number of imidazole rings is 1. The van der Waals surface area contributed by atoms with Crippen molar-refractivity contribution in [2.75, 3.05) is 37.6 Å². The number of para-hydroxylation sites is 3. The van der Waals surface area contributed by atoms with Crippen molar-refractivity contribution in [2.45, 2.75) is 19.4 Å². The van der Waals surface area contributed by atoms with Gasteiger partial charge in [0, 0.05) is 17.8 Å². The summed E-state index contributed by atoms with van der Waals surface area (Å²) in [6.07, 6.45) is 2.44. The van der Waals surface area contributed by atoms with E-state index in [0.717, 1.165) is 31.0 Å². The summed E-state index contributed by atoms with van der Waals surface area (Å²) in [4.78, 5) is 9.20. The fraction of sp³-hybridized carbons (Fsp3) is 0.296. The van der Waals surface area contributed by atoms with Gasteiger partial charge in [-0.1, -0.05) is 60.7 Å². The first-order valence-corrected chi connectivity index (χ1v) is 11.5. The number of nitrogens with zero attached hydrogens (tertiary/aromatic N) is 3. The molecule has 1 N–H and O–H groups in total. The van der Waals surface area contributed by atoms with Crippen LogP contribution in [0.4, 0.5) is 5.69 Å². The highest BCUT2D eigenvalue weighted by atomic mass is 15.3. The zero-order valence-electron chi connectivity index (χ0n) is 18.1. The van der Waals surface area contributed by atoms with E-state index in [0.29, 0.717) is 0 Å². The Balaban J connectivity index is 1.18. The first kappa shape index (κ1) is 19.8. The molecule has 2 heterocycles. The lowest BCUT2D eigenvalue weighted by Gasteiger charge is -2.33. The molecule has 0 radical (unpaired) electrons. The Hall–Kier alpha value is -3.11. The number of unbranched alkanes of at least 4 members (excludes halogenated alkanes) is 1. The van der Waals surface area contributed by atoms with Gasteiger partial charge in [-0.15, -0.1) is 0 Å². The highest BCUT2D eigenvalue weighted by Gasteiger charge is 2.19. The minimum absolute atomic E-state index is 1.02. The second-order valence-corrected chi connectivity index (χ2v) is 8.47. The monoisotopic (exact) mass is 411 g/mol. The Morgan fingerprint density at radius 1 is 0.742 bits per heavy atom. The van der Waals surface area contributed by atoms with Crippen molar-refractivity contribution in [1.82, 2.24) is 9.55 Å². The molecule has 4 heteroatoms. The molecule has 5 rings (SSSR count). The van der Waals surface area contributed by atoms with E-state index < -0.39 is 0 Å². The van der Waals surface area contributed by atoms with E-state index in [1.807, 2.05) is 0 Å². The molecule has 0 saturated carbocycles. The van der Waals surface area contributed by atoms with Crippen molar-refractivity contribution in [3.63, 3.8) is 0 Å². The van der Waals surface area contributed by atoms with Crippen LogP contribution in [0.25, 0.3) is 22.4 Å². The van der Waals surface area contributed by atoms with Crippen molar-refractivity contribution >= 4 is 16.7 Å². The normalized spacial score (nSPS) is 14.9. The lowest BCUT2D eigenvalue weighted by atomic mass is 10.2. The highest BCUT2D eigenvalue weighted by molar-refractivity contribution is 5.80. The molecule has 1 saturated heterocycles. The molecule has 0 unspecified atom stereocenters. The third-order valence-electron chi connectivity index (χ3n) is 6.44. The molecule has 1 aliphatic rings. The van der Waals surface area contributed by atoms with Gasteiger partial charge in [-0.2, -0.15) is 0 Å². The molecule has 4 aromatic rings. The molecule has 0 aliphatic carbocycles. The van der Waals surface area contributed by atoms with Crippen LogP contribution >= 0.6 is 0 Å². The molecule has 31 heavy (non-hydrogen) atoms. The lowest BCUT2D eigenvalue weighted by molar-refractivity contribution is -0.900.